The van der Waals surface area contributed by atoms with Gasteiger partial charge >= 0.3 is 0 Å². The van der Waals surface area contributed by atoms with Gasteiger partial charge in [-0.15, -0.1) is 11.3 Å². The van der Waals surface area contributed by atoms with Gasteiger partial charge in [0.15, 0.2) is 0 Å². The third kappa shape index (κ3) is 3.71. The Hall–Kier alpha value is -1.89. The molecule has 3 rings (SSSR count). The van der Waals surface area contributed by atoms with Crippen LogP contribution in [0.5, 0.6) is 0 Å². The van der Waals surface area contributed by atoms with Crippen LogP contribution in [0.4, 0.5) is 0 Å². The van der Waals surface area contributed by atoms with E-state index in [1.807, 2.05) is 13.8 Å². The second-order valence-electron chi connectivity index (χ2n) is 5.63. The zero-order chi connectivity index (χ0) is 18.1. The van der Waals surface area contributed by atoms with Gasteiger partial charge in [0.1, 0.15) is 16.5 Å². The molecule has 0 saturated carbocycles. The summed E-state index contributed by atoms with van der Waals surface area (Å²) in [6, 6.07) is 5.20. The molecule has 0 saturated heterocycles. The molecule has 0 aliphatic carbocycles. The van der Waals surface area contributed by atoms with E-state index in [1.54, 1.807) is 35.5 Å². The smallest absolute Gasteiger partial charge is 0.273 e. The van der Waals surface area contributed by atoms with E-state index in [9.17, 15) is 4.79 Å². The number of aryl methyl sites for hydroxylation is 2. The largest absolute Gasteiger partial charge is 0.361 e. The molecule has 3 aromatic rings. The first-order chi connectivity index (χ1) is 11.9. The zero-order valence-electron chi connectivity index (χ0n) is 13.8. The number of amides is 1. The number of hydrogen-bond donors (Lipinski definition) is 0. The quantitative estimate of drug-likeness (QED) is 0.623. The summed E-state index contributed by atoms with van der Waals surface area (Å²) in [7, 11) is 1.72. The van der Waals surface area contributed by atoms with Crippen LogP contribution in [-0.4, -0.2) is 28.0 Å². The lowest BCUT2D eigenvalue weighted by Crippen LogP contribution is -2.26. The Kier molecular flexibility index (Phi) is 5.13. The molecule has 0 bridgehead atoms. The fourth-order valence-electron chi connectivity index (χ4n) is 2.39. The van der Waals surface area contributed by atoms with Gasteiger partial charge in [0.2, 0.25) is 0 Å². The van der Waals surface area contributed by atoms with Crippen LogP contribution in [0.1, 0.15) is 27.5 Å². The van der Waals surface area contributed by atoms with Crippen LogP contribution in [0.15, 0.2) is 28.1 Å². The Morgan fingerprint density at radius 1 is 1.32 bits per heavy atom. The Bertz CT molecular complexity index is 916. The van der Waals surface area contributed by atoms with E-state index in [4.69, 9.17) is 27.7 Å². The van der Waals surface area contributed by atoms with Gasteiger partial charge in [0.25, 0.3) is 5.91 Å². The van der Waals surface area contributed by atoms with Crippen LogP contribution in [-0.2, 0) is 6.54 Å². The lowest BCUT2D eigenvalue weighted by atomic mass is 10.2. The summed E-state index contributed by atoms with van der Waals surface area (Å²) in [5.41, 5.74) is 2.82. The van der Waals surface area contributed by atoms with Crippen molar-refractivity contribution in [3.63, 3.8) is 0 Å². The van der Waals surface area contributed by atoms with Crippen molar-refractivity contribution >= 4 is 40.4 Å². The van der Waals surface area contributed by atoms with Crippen LogP contribution in [0.2, 0.25) is 10.0 Å². The van der Waals surface area contributed by atoms with Crippen molar-refractivity contribution < 1.29 is 9.32 Å². The molecule has 0 aliphatic rings. The average molecular weight is 396 g/mol. The highest BCUT2D eigenvalue weighted by Gasteiger charge is 2.20. The maximum Gasteiger partial charge on any atom is 0.273 e. The number of carbonyl (C=O) groups excluding carboxylic acids is 1. The van der Waals surface area contributed by atoms with Crippen LogP contribution in [0.25, 0.3) is 10.6 Å². The van der Waals surface area contributed by atoms with Crippen molar-refractivity contribution in [1.82, 2.24) is 15.0 Å². The summed E-state index contributed by atoms with van der Waals surface area (Å²) in [6.07, 6.45) is 0. The number of hydrogen-bond acceptors (Lipinski definition) is 5. The highest BCUT2D eigenvalue weighted by Crippen LogP contribution is 2.32. The molecule has 1 aromatic carbocycles. The maximum absolute atomic E-state index is 12.6. The molecule has 25 heavy (non-hydrogen) atoms. The third-order valence-corrected chi connectivity index (χ3v) is 5.23. The van der Waals surface area contributed by atoms with E-state index < -0.39 is 0 Å². The summed E-state index contributed by atoms with van der Waals surface area (Å²) in [4.78, 5) is 18.7. The van der Waals surface area contributed by atoms with E-state index in [1.165, 1.54) is 11.3 Å². The minimum Gasteiger partial charge on any atom is -0.361 e. The molecule has 5 nitrogen and oxygen atoms in total. The minimum absolute atomic E-state index is 0.174. The average Bonchev–Trinajstić information content (AvgIpc) is 3.16. The molecule has 0 unspecified atom stereocenters. The highest BCUT2D eigenvalue weighted by molar-refractivity contribution is 7.13. The van der Waals surface area contributed by atoms with Gasteiger partial charge in [-0.05, 0) is 32.0 Å². The molecular weight excluding hydrogens is 381 g/mol. The lowest BCUT2D eigenvalue weighted by Gasteiger charge is -2.15. The van der Waals surface area contributed by atoms with Crippen molar-refractivity contribution in [2.45, 2.75) is 20.4 Å². The predicted molar refractivity (Wildman–Crippen MR) is 99.3 cm³/mol. The third-order valence-electron chi connectivity index (χ3n) is 3.81. The normalized spacial score (nSPS) is 10.9. The standard InChI is InChI=1S/C17H15Cl2N3O2S/c1-9-13(10(2)24-21-9)7-22(3)17(23)15-8-25-16(20-15)12-5-4-11(18)6-14(12)19/h4-6,8H,7H2,1-3H3. The SMILES string of the molecule is Cc1noc(C)c1CN(C)C(=O)c1csc(-c2ccc(Cl)cc2Cl)n1. The number of rotatable bonds is 4. The molecule has 130 valence electrons. The van der Waals surface area contributed by atoms with E-state index in [-0.39, 0.29) is 5.91 Å². The van der Waals surface area contributed by atoms with E-state index >= 15 is 0 Å². The molecule has 1 amide bonds. The number of carbonyl (C=O) groups is 1. The van der Waals surface area contributed by atoms with Crippen molar-refractivity contribution in [3.05, 3.63) is 56.3 Å². The Balaban J connectivity index is 1.80. The van der Waals surface area contributed by atoms with Gasteiger partial charge in [0, 0.05) is 28.6 Å². The number of thiazole rings is 1. The molecule has 0 radical (unpaired) electrons. The van der Waals surface area contributed by atoms with Gasteiger partial charge in [0.05, 0.1) is 17.3 Å². The van der Waals surface area contributed by atoms with Gasteiger partial charge in [-0.2, -0.15) is 0 Å². The van der Waals surface area contributed by atoms with Gasteiger partial charge < -0.3 is 9.42 Å². The van der Waals surface area contributed by atoms with Crippen molar-refractivity contribution in [3.8, 4) is 10.6 Å². The molecule has 8 heteroatoms. The minimum atomic E-state index is -0.174. The molecule has 0 atom stereocenters. The first-order valence-corrected chi connectivity index (χ1v) is 9.08. The number of halogens is 2. The summed E-state index contributed by atoms with van der Waals surface area (Å²) >= 11 is 13.5. The van der Waals surface area contributed by atoms with E-state index in [0.717, 1.165) is 16.8 Å². The molecule has 0 N–H and O–H groups in total. The van der Waals surface area contributed by atoms with E-state index in [0.29, 0.717) is 33.1 Å². The molecular formula is C17H15Cl2N3O2S. The second kappa shape index (κ2) is 7.15. The van der Waals surface area contributed by atoms with Crippen LogP contribution in [0.3, 0.4) is 0 Å². The zero-order valence-corrected chi connectivity index (χ0v) is 16.2. The van der Waals surface area contributed by atoms with Crippen LogP contribution in [0, 0.1) is 13.8 Å². The van der Waals surface area contributed by atoms with Gasteiger partial charge in [-0.1, -0.05) is 28.4 Å². The molecule has 0 fully saturated rings. The Morgan fingerprint density at radius 2 is 2.08 bits per heavy atom. The van der Waals surface area contributed by atoms with Gasteiger partial charge in [-0.3, -0.25) is 4.79 Å². The highest BCUT2D eigenvalue weighted by atomic mass is 35.5. The molecule has 2 heterocycles. The van der Waals surface area contributed by atoms with E-state index in [2.05, 4.69) is 10.1 Å². The topological polar surface area (TPSA) is 59.2 Å². The number of aromatic nitrogens is 2. The second-order valence-corrected chi connectivity index (χ2v) is 7.33. The van der Waals surface area contributed by atoms with Crippen molar-refractivity contribution in [2.75, 3.05) is 7.05 Å². The molecule has 0 aliphatic heterocycles. The summed E-state index contributed by atoms with van der Waals surface area (Å²) < 4.78 is 5.14. The summed E-state index contributed by atoms with van der Waals surface area (Å²) in [5.74, 6) is 0.539. The first-order valence-electron chi connectivity index (χ1n) is 7.45. The predicted octanol–water partition coefficient (Wildman–Crippen LogP) is 4.99. The molecule has 0 spiro atoms. The molecule has 2 aromatic heterocycles. The fraction of sp³-hybridized carbons (Fsp3) is 0.235. The summed E-state index contributed by atoms with van der Waals surface area (Å²) in [5, 5.41) is 7.38. The lowest BCUT2D eigenvalue weighted by molar-refractivity contribution is 0.0779. The fourth-order valence-corrected chi connectivity index (χ4v) is 3.78. The van der Waals surface area contributed by atoms with Crippen LogP contribution >= 0.6 is 34.5 Å². The van der Waals surface area contributed by atoms with Gasteiger partial charge in [-0.25, -0.2) is 4.98 Å². The Labute approximate surface area is 159 Å². The monoisotopic (exact) mass is 395 g/mol. The van der Waals surface area contributed by atoms with Crippen LogP contribution < -0.4 is 0 Å². The maximum atomic E-state index is 12.6. The number of benzene rings is 1. The Morgan fingerprint density at radius 3 is 2.72 bits per heavy atom. The number of nitrogens with zero attached hydrogens (tertiary/aromatic N) is 3. The first kappa shape index (κ1) is 17.9. The van der Waals surface area contributed by atoms with Crippen molar-refractivity contribution in [2.24, 2.45) is 0 Å². The van der Waals surface area contributed by atoms with Crippen molar-refractivity contribution in [1.29, 1.82) is 0 Å². The summed E-state index contributed by atoms with van der Waals surface area (Å²) in [6.45, 7) is 4.10.